The molecule has 0 bridgehead atoms. The van der Waals surface area contributed by atoms with E-state index in [1.807, 2.05) is 23.0 Å². The first-order chi connectivity index (χ1) is 7.29. The highest BCUT2D eigenvalue weighted by Gasteiger charge is 2.10. The summed E-state index contributed by atoms with van der Waals surface area (Å²) in [6, 6.07) is 4.44. The summed E-state index contributed by atoms with van der Waals surface area (Å²) in [7, 11) is 0. The number of thiazole rings is 1. The number of hydrogen-bond acceptors (Lipinski definition) is 4. The van der Waals surface area contributed by atoms with Gasteiger partial charge < -0.3 is 5.73 Å². The predicted molar refractivity (Wildman–Crippen MR) is 66.4 cm³/mol. The van der Waals surface area contributed by atoms with Crippen molar-refractivity contribution in [2.24, 2.45) is 5.73 Å². The smallest absolute Gasteiger partial charge is 0.0794 e. The fraction of sp³-hybridized carbons (Fsp3) is 0.364. The third-order valence-corrected chi connectivity index (χ3v) is 4.46. The van der Waals surface area contributed by atoms with E-state index in [2.05, 4.69) is 24.0 Å². The van der Waals surface area contributed by atoms with Crippen LogP contribution < -0.4 is 5.73 Å². The standard InChI is InChI=1S/C11H14N2S2/c1-2-8-3-4-11(15-8)10(12)5-9-6-13-7-14-9/h3-4,6-7,10H,2,5,12H2,1H3. The molecule has 0 aliphatic heterocycles. The van der Waals surface area contributed by atoms with Crippen molar-refractivity contribution < 1.29 is 0 Å². The maximum absolute atomic E-state index is 6.14. The van der Waals surface area contributed by atoms with Gasteiger partial charge in [0.15, 0.2) is 0 Å². The monoisotopic (exact) mass is 238 g/mol. The van der Waals surface area contributed by atoms with E-state index in [9.17, 15) is 0 Å². The molecule has 0 fully saturated rings. The molecule has 0 amide bonds. The van der Waals surface area contributed by atoms with E-state index in [0.29, 0.717) is 0 Å². The molecular formula is C11H14N2S2. The average molecular weight is 238 g/mol. The summed E-state index contributed by atoms with van der Waals surface area (Å²) in [6.07, 6.45) is 3.89. The number of aromatic nitrogens is 1. The molecule has 4 heteroatoms. The highest BCUT2D eigenvalue weighted by molar-refractivity contribution is 7.12. The molecule has 0 spiro atoms. The van der Waals surface area contributed by atoms with Gasteiger partial charge in [0.2, 0.25) is 0 Å². The first-order valence-electron chi connectivity index (χ1n) is 5.01. The van der Waals surface area contributed by atoms with Gasteiger partial charge in [0.05, 0.1) is 5.51 Å². The van der Waals surface area contributed by atoms with Crippen LogP contribution in [0.1, 0.15) is 27.6 Å². The van der Waals surface area contributed by atoms with E-state index in [4.69, 9.17) is 5.73 Å². The Morgan fingerprint density at radius 3 is 2.87 bits per heavy atom. The molecule has 0 aromatic carbocycles. The number of nitrogens with zero attached hydrogens (tertiary/aromatic N) is 1. The second-order valence-electron chi connectivity index (χ2n) is 3.44. The van der Waals surface area contributed by atoms with Gasteiger partial charge in [0.25, 0.3) is 0 Å². The minimum Gasteiger partial charge on any atom is -0.323 e. The van der Waals surface area contributed by atoms with Crippen LogP contribution in [0.2, 0.25) is 0 Å². The fourth-order valence-corrected chi connectivity index (χ4v) is 3.05. The second-order valence-corrected chi connectivity index (χ2v) is 5.61. The van der Waals surface area contributed by atoms with E-state index in [-0.39, 0.29) is 6.04 Å². The molecule has 80 valence electrons. The Balaban J connectivity index is 2.04. The topological polar surface area (TPSA) is 38.9 Å². The Hall–Kier alpha value is -0.710. The van der Waals surface area contributed by atoms with Crippen molar-refractivity contribution in [2.45, 2.75) is 25.8 Å². The highest BCUT2D eigenvalue weighted by atomic mass is 32.1. The Morgan fingerprint density at radius 2 is 2.27 bits per heavy atom. The first-order valence-corrected chi connectivity index (χ1v) is 6.70. The molecule has 0 saturated heterocycles. The first kappa shape index (κ1) is 10.8. The quantitative estimate of drug-likeness (QED) is 0.889. The normalized spacial score (nSPS) is 12.9. The van der Waals surface area contributed by atoms with Gasteiger partial charge in [0, 0.05) is 33.3 Å². The lowest BCUT2D eigenvalue weighted by atomic mass is 10.2. The van der Waals surface area contributed by atoms with Gasteiger partial charge in [-0.2, -0.15) is 0 Å². The fourth-order valence-electron chi connectivity index (χ4n) is 1.44. The molecule has 1 unspecified atom stereocenters. The van der Waals surface area contributed by atoms with Gasteiger partial charge in [-0.25, -0.2) is 0 Å². The van der Waals surface area contributed by atoms with Crippen molar-refractivity contribution in [3.63, 3.8) is 0 Å². The van der Waals surface area contributed by atoms with Crippen LogP contribution in [-0.2, 0) is 12.8 Å². The molecule has 2 N–H and O–H groups in total. The van der Waals surface area contributed by atoms with Crippen molar-refractivity contribution in [3.8, 4) is 0 Å². The highest BCUT2D eigenvalue weighted by Crippen LogP contribution is 2.25. The van der Waals surface area contributed by atoms with Crippen LogP contribution in [0, 0.1) is 0 Å². The molecule has 2 rings (SSSR count). The number of nitrogens with two attached hydrogens (primary N) is 1. The maximum atomic E-state index is 6.14. The van der Waals surface area contributed by atoms with E-state index in [1.165, 1.54) is 14.6 Å². The molecule has 2 heterocycles. The van der Waals surface area contributed by atoms with E-state index >= 15 is 0 Å². The molecule has 0 saturated carbocycles. The molecule has 0 radical (unpaired) electrons. The minimum absolute atomic E-state index is 0.121. The van der Waals surface area contributed by atoms with Crippen molar-refractivity contribution in [3.05, 3.63) is 38.5 Å². The molecule has 2 nitrogen and oxygen atoms in total. The van der Waals surface area contributed by atoms with Crippen LogP contribution in [0.3, 0.4) is 0 Å². The summed E-state index contributed by atoms with van der Waals surface area (Å²) < 4.78 is 0. The molecule has 2 aromatic rings. The summed E-state index contributed by atoms with van der Waals surface area (Å²) in [4.78, 5) is 8.00. The van der Waals surface area contributed by atoms with E-state index in [1.54, 1.807) is 11.3 Å². The van der Waals surface area contributed by atoms with E-state index < -0.39 is 0 Å². The van der Waals surface area contributed by atoms with Crippen LogP contribution in [0.25, 0.3) is 0 Å². The summed E-state index contributed by atoms with van der Waals surface area (Å²) in [5, 5.41) is 0. The maximum Gasteiger partial charge on any atom is 0.0794 e. The van der Waals surface area contributed by atoms with Gasteiger partial charge in [-0.05, 0) is 18.6 Å². The van der Waals surface area contributed by atoms with Crippen LogP contribution >= 0.6 is 22.7 Å². The van der Waals surface area contributed by atoms with E-state index in [0.717, 1.165) is 12.8 Å². The lowest BCUT2D eigenvalue weighted by molar-refractivity contribution is 0.744. The summed E-state index contributed by atoms with van der Waals surface area (Å²) >= 11 is 3.49. The summed E-state index contributed by atoms with van der Waals surface area (Å²) in [5.41, 5.74) is 8.00. The average Bonchev–Trinajstić information content (AvgIpc) is 2.86. The van der Waals surface area contributed by atoms with Gasteiger partial charge in [-0.1, -0.05) is 6.92 Å². The van der Waals surface area contributed by atoms with Crippen LogP contribution in [-0.4, -0.2) is 4.98 Å². The van der Waals surface area contributed by atoms with Crippen molar-refractivity contribution >= 4 is 22.7 Å². The van der Waals surface area contributed by atoms with Crippen LogP contribution in [0.4, 0.5) is 0 Å². The van der Waals surface area contributed by atoms with Crippen molar-refractivity contribution in [1.82, 2.24) is 4.98 Å². The number of hydrogen-bond donors (Lipinski definition) is 1. The van der Waals surface area contributed by atoms with Gasteiger partial charge in [-0.3, -0.25) is 4.98 Å². The molecule has 15 heavy (non-hydrogen) atoms. The summed E-state index contributed by atoms with van der Waals surface area (Å²) in [5.74, 6) is 0. The Bertz CT molecular complexity index is 406. The zero-order valence-corrected chi connectivity index (χ0v) is 10.3. The Labute approximate surface area is 97.8 Å². The lowest BCUT2D eigenvalue weighted by Gasteiger charge is -2.06. The van der Waals surface area contributed by atoms with Crippen molar-refractivity contribution in [1.29, 1.82) is 0 Å². The van der Waals surface area contributed by atoms with Gasteiger partial charge in [0.1, 0.15) is 0 Å². The minimum atomic E-state index is 0.121. The lowest BCUT2D eigenvalue weighted by Crippen LogP contribution is -2.10. The van der Waals surface area contributed by atoms with Crippen LogP contribution in [0.5, 0.6) is 0 Å². The zero-order valence-electron chi connectivity index (χ0n) is 8.64. The molecule has 1 atom stereocenters. The summed E-state index contributed by atoms with van der Waals surface area (Å²) in [6.45, 7) is 2.17. The third-order valence-electron chi connectivity index (χ3n) is 2.30. The Kier molecular flexibility index (Phi) is 3.51. The third kappa shape index (κ3) is 2.65. The predicted octanol–water partition coefficient (Wildman–Crippen LogP) is 3.01. The largest absolute Gasteiger partial charge is 0.323 e. The second kappa shape index (κ2) is 4.88. The number of aryl methyl sites for hydroxylation is 1. The number of rotatable bonds is 4. The molecule has 0 aliphatic rings. The zero-order chi connectivity index (χ0) is 10.7. The Morgan fingerprint density at radius 1 is 1.40 bits per heavy atom. The van der Waals surface area contributed by atoms with Gasteiger partial charge >= 0.3 is 0 Å². The molecule has 0 aliphatic carbocycles. The van der Waals surface area contributed by atoms with Crippen LogP contribution in [0.15, 0.2) is 23.8 Å². The molecule has 2 aromatic heterocycles. The SMILES string of the molecule is CCc1ccc(C(N)Cc2cncs2)s1. The van der Waals surface area contributed by atoms with Crippen molar-refractivity contribution in [2.75, 3.05) is 0 Å². The van der Waals surface area contributed by atoms with Gasteiger partial charge in [-0.15, -0.1) is 22.7 Å². The molecular weight excluding hydrogens is 224 g/mol. The number of thiophene rings is 1.